The molecule has 2 nitrogen and oxygen atoms in total. The third-order valence-electron chi connectivity index (χ3n) is 4.33. The Hall–Kier alpha value is -0.340. The average molecular weight is 252 g/mol. The molecule has 1 N–H and O–H groups in total. The average Bonchev–Trinajstić information content (AvgIpc) is 2.87. The van der Waals surface area contributed by atoms with E-state index in [0.717, 1.165) is 6.54 Å². The zero-order valence-electron chi connectivity index (χ0n) is 13.1. The predicted octanol–water partition coefficient (Wildman–Crippen LogP) is 3.59. The molecule has 0 aromatic heterocycles. The summed E-state index contributed by atoms with van der Waals surface area (Å²) in [6.07, 6.45) is 7.57. The molecule has 1 fully saturated rings. The van der Waals surface area contributed by atoms with E-state index in [1.807, 2.05) is 0 Å². The molecule has 0 radical (unpaired) electrons. The minimum Gasteiger partial charge on any atom is -0.309 e. The quantitative estimate of drug-likeness (QED) is 0.697. The first-order chi connectivity index (χ1) is 8.54. The molecule has 0 aliphatic carbocycles. The van der Waals surface area contributed by atoms with Gasteiger partial charge in [0.2, 0.25) is 0 Å². The van der Waals surface area contributed by atoms with Crippen molar-refractivity contribution in [2.45, 2.75) is 71.9 Å². The molecule has 2 heteroatoms. The summed E-state index contributed by atoms with van der Waals surface area (Å²) in [6.45, 7) is 15.1. The van der Waals surface area contributed by atoms with E-state index in [2.05, 4.69) is 50.9 Å². The molecule has 0 aromatic rings. The lowest BCUT2D eigenvalue weighted by Crippen LogP contribution is -2.57. The zero-order valence-corrected chi connectivity index (χ0v) is 13.1. The molecule has 0 aromatic carbocycles. The van der Waals surface area contributed by atoms with Crippen molar-refractivity contribution < 1.29 is 0 Å². The van der Waals surface area contributed by atoms with E-state index in [1.165, 1.54) is 44.3 Å². The summed E-state index contributed by atoms with van der Waals surface area (Å²) in [6, 6.07) is 0.477. The molecule has 1 aliphatic heterocycles. The topological polar surface area (TPSA) is 15.3 Å². The van der Waals surface area contributed by atoms with Crippen LogP contribution in [0.3, 0.4) is 0 Å². The predicted molar refractivity (Wildman–Crippen MR) is 81.0 cm³/mol. The highest BCUT2D eigenvalue weighted by Crippen LogP contribution is 2.29. The van der Waals surface area contributed by atoms with Gasteiger partial charge in [0.1, 0.15) is 0 Å². The Bertz CT molecular complexity index is 262. The number of likely N-dealkylation sites (tertiary alicyclic amines) is 1. The summed E-state index contributed by atoms with van der Waals surface area (Å²) in [5, 5.41) is 3.75. The van der Waals surface area contributed by atoms with E-state index in [0.29, 0.717) is 6.04 Å². The molecule has 0 saturated carbocycles. The second-order valence-corrected chi connectivity index (χ2v) is 6.08. The van der Waals surface area contributed by atoms with Gasteiger partial charge >= 0.3 is 0 Å². The van der Waals surface area contributed by atoms with Crippen LogP contribution in [0.5, 0.6) is 0 Å². The van der Waals surface area contributed by atoms with Crippen molar-refractivity contribution in [2.75, 3.05) is 19.6 Å². The number of nitrogens with zero attached hydrogens (tertiary/aromatic N) is 1. The van der Waals surface area contributed by atoms with Crippen LogP contribution >= 0.6 is 0 Å². The van der Waals surface area contributed by atoms with Crippen LogP contribution < -0.4 is 5.32 Å². The summed E-state index contributed by atoms with van der Waals surface area (Å²) in [4.78, 5) is 2.69. The zero-order chi connectivity index (χ0) is 13.6. The molecule has 106 valence electrons. The fourth-order valence-corrected chi connectivity index (χ4v) is 2.96. The van der Waals surface area contributed by atoms with Crippen LogP contribution in [0.2, 0.25) is 0 Å². The molecule has 2 unspecified atom stereocenters. The molecule has 0 amide bonds. The van der Waals surface area contributed by atoms with E-state index in [-0.39, 0.29) is 5.54 Å². The Morgan fingerprint density at radius 2 is 1.89 bits per heavy atom. The van der Waals surface area contributed by atoms with E-state index in [4.69, 9.17) is 0 Å². The van der Waals surface area contributed by atoms with Crippen molar-refractivity contribution in [1.82, 2.24) is 10.2 Å². The monoisotopic (exact) mass is 252 g/mol. The van der Waals surface area contributed by atoms with Crippen molar-refractivity contribution in [3.05, 3.63) is 11.6 Å². The Balaban J connectivity index is 2.86. The Morgan fingerprint density at radius 1 is 1.28 bits per heavy atom. The van der Waals surface area contributed by atoms with Gasteiger partial charge in [0.15, 0.2) is 0 Å². The van der Waals surface area contributed by atoms with Gasteiger partial charge in [-0.05, 0) is 66.1 Å². The van der Waals surface area contributed by atoms with E-state index in [9.17, 15) is 0 Å². The maximum absolute atomic E-state index is 3.75. The first kappa shape index (κ1) is 15.7. The van der Waals surface area contributed by atoms with Gasteiger partial charge in [-0.3, -0.25) is 4.90 Å². The van der Waals surface area contributed by atoms with Gasteiger partial charge in [-0.25, -0.2) is 0 Å². The molecule has 1 aliphatic rings. The highest BCUT2D eigenvalue weighted by atomic mass is 15.2. The molecule has 0 spiro atoms. The van der Waals surface area contributed by atoms with Gasteiger partial charge in [0.05, 0.1) is 0 Å². The van der Waals surface area contributed by atoms with Crippen LogP contribution in [0, 0.1) is 0 Å². The molecular formula is C16H32N2. The number of allylic oxidation sites excluding steroid dienone is 1. The van der Waals surface area contributed by atoms with Gasteiger partial charge in [-0.2, -0.15) is 0 Å². The summed E-state index contributed by atoms with van der Waals surface area (Å²) in [7, 11) is 0. The van der Waals surface area contributed by atoms with Gasteiger partial charge < -0.3 is 5.32 Å². The van der Waals surface area contributed by atoms with Crippen LogP contribution in [0.25, 0.3) is 0 Å². The van der Waals surface area contributed by atoms with Crippen molar-refractivity contribution in [3.8, 4) is 0 Å². The number of nitrogens with one attached hydrogen (secondary N) is 1. The maximum atomic E-state index is 3.75. The Kier molecular flexibility index (Phi) is 6.37. The molecule has 18 heavy (non-hydrogen) atoms. The maximum Gasteiger partial charge on any atom is 0.0436 e. The normalized spacial score (nSPS) is 21.6. The fraction of sp³-hybridized carbons (Fsp3) is 0.875. The highest BCUT2D eigenvalue weighted by Gasteiger charge is 2.37. The smallest absolute Gasteiger partial charge is 0.0436 e. The van der Waals surface area contributed by atoms with Gasteiger partial charge in [0, 0.05) is 11.6 Å². The van der Waals surface area contributed by atoms with Crippen LogP contribution in [-0.4, -0.2) is 36.1 Å². The van der Waals surface area contributed by atoms with Crippen LogP contribution in [0.4, 0.5) is 0 Å². The number of hydrogen-bond donors (Lipinski definition) is 1. The third-order valence-corrected chi connectivity index (χ3v) is 4.33. The molecule has 1 rings (SSSR count). The van der Waals surface area contributed by atoms with Crippen molar-refractivity contribution in [3.63, 3.8) is 0 Å². The first-order valence-corrected chi connectivity index (χ1v) is 7.68. The second-order valence-electron chi connectivity index (χ2n) is 6.08. The minimum absolute atomic E-state index is 0.267. The lowest BCUT2D eigenvalue weighted by atomic mass is 9.86. The highest BCUT2D eigenvalue weighted by molar-refractivity contribution is 5.11. The summed E-state index contributed by atoms with van der Waals surface area (Å²) in [5.41, 5.74) is 1.69. The lowest BCUT2D eigenvalue weighted by molar-refractivity contribution is 0.102. The van der Waals surface area contributed by atoms with Crippen molar-refractivity contribution in [1.29, 1.82) is 0 Å². The SMILES string of the molecule is CCCNC(C=C(C)C)C(C)(CC)N1CCCC1. The van der Waals surface area contributed by atoms with Gasteiger partial charge in [0.25, 0.3) is 0 Å². The molecule has 2 atom stereocenters. The van der Waals surface area contributed by atoms with Crippen molar-refractivity contribution in [2.24, 2.45) is 0 Å². The number of rotatable bonds is 7. The van der Waals surface area contributed by atoms with Crippen molar-refractivity contribution >= 4 is 0 Å². The summed E-state index contributed by atoms with van der Waals surface area (Å²) in [5.74, 6) is 0. The van der Waals surface area contributed by atoms with Crippen LogP contribution in [0.15, 0.2) is 11.6 Å². The summed E-state index contributed by atoms with van der Waals surface area (Å²) >= 11 is 0. The third kappa shape index (κ3) is 3.83. The minimum atomic E-state index is 0.267. The fourth-order valence-electron chi connectivity index (χ4n) is 2.96. The lowest BCUT2D eigenvalue weighted by Gasteiger charge is -2.44. The number of hydrogen-bond acceptors (Lipinski definition) is 2. The van der Waals surface area contributed by atoms with E-state index < -0.39 is 0 Å². The first-order valence-electron chi connectivity index (χ1n) is 7.68. The molecule has 0 bridgehead atoms. The molecular weight excluding hydrogens is 220 g/mol. The Morgan fingerprint density at radius 3 is 2.33 bits per heavy atom. The Labute approximate surface area is 114 Å². The standard InChI is InChI=1S/C16H32N2/c1-6-10-17-15(13-14(3)4)16(5,7-2)18-11-8-9-12-18/h13,15,17H,6-12H2,1-5H3. The van der Waals surface area contributed by atoms with E-state index >= 15 is 0 Å². The summed E-state index contributed by atoms with van der Waals surface area (Å²) < 4.78 is 0. The van der Waals surface area contributed by atoms with Gasteiger partial charge in [-0.1, -0.05) is 25.5 Å². The van der Waals surface area contributed by atoms with Gasteiger partial charge in [-0.15, -0.1) is 0 Å². The van der Waals surface area contributed by atoms with Crippen LogP contribution in [-0.2, 0) is 0 Å². The second kappa shape index (κ2) is 7.30. The van der Waals surface area contributed by atoms with Crippen LogP contribution in [0.1, 0.15) is 60.3 Å². The molecule has 1 heterocycles. The largest absolute Gasteiger partial charge is 0.309 e. The molecule has 1 saturated heterocycles. The van der Waals surface area contributed by atoms with E-state index in [1.54, 1.807) is 0 Å².